The molecule has 0 spiro atoms. The second kappa shape index (κ2) is 9.83. The molecule has 6 nitrogen and oxygen atoms in total. The predicted molar refractivity (Wildman–Crippen MR) is 119 cm³/mol. The highest BCUT2D eigenvalue weighted by atomic mass is 32.2. The highest BCUT2D eigenvalue weighted by Gasteiger charge is 2.43. The molecule has 2 unspecified atom stereocenters. The van der Waals surface area contributed by atoms with Crippen LogP contribution in [0.5, 0.6) is 5.75 Å². The summed E-state index contributed by atoms with van der Waals surface area (Å²) >= 11 is 0.984. The number of ketones is 1. The summed E-state index contributed by atoms with van der Waals surface area (Å²) in [6.07, 6.45) is 0.331. The van der Waals surface area contributed by atoms with Gasteiger partial charge in [0.05, 0.1) is 5.57 Å². The van der Waals surface area contributed by atoms with Crippen LogP contribution in [0.25, 0.3) is 0 Å². The van der Waals surface area contributed by atoms with Crippen LogP contribution in [0.3, 0.4) is 0 Å². The van der Waals surface area contributed by atoms with Gasteiger partial charge in [-0.05, 0) is 38.5 Å². The molecule has 0 aliphatic carbocycles. The lowest BCUT2D eigenvalue weighted by atomic mass is 10.0. The van der Waals surface area contributed by atoms with Gasteiger partial charge in [0.25, 0.3) is 0 Å². The Bertz CT molecular complexity index is 972. The van der Waals surface area contributed by atoms with Gasteiger partial charge in [-0.3, -0.25) is 9.59 Å². The zero-order valence-electron chi connectivity index (χ0n) is 17.7. The van der Waals surface area contributed by atoms with E-state index in [1.54, 1.807) is 38.1 Å². The van der Waals surface area contributed by atoms with E-state index >= 15 is 0 Å². The minimum Gasteiger partial charge on any atom is -0.478 e. The van der Waals surface area contributed by atoms with Gasteiger partial charge in [0.15, 0.2) is 11.9 Å². The maximum Gasteiger partial charge on any atom is 0.330 e. The maximum atomic E-state index is 13.0. The van der Waals surface area contributed by atoms with Crippen molar-refractivity contribution in [2.45, 2.75) is 44.3 Å². The first-order valence-electron chi connectivity index (χ1n) is 9.90. The van der Waals surface area contributed by atoms with Crippen LogP contribution in [0, 0.1) is 0 Å². The molecule has 2 atom stereocenters. The molecule has 3 rings (SSSR count). The number of nitrogens with one attached hydrogen (secondary N) is 1. The van der Waals surface area contributed by atoms with Crippen molar-refractivity contribution in [3.05, 3.63) is 78.0 Å². The lowest BCUT2D eigenvalue weighted by molar-refractivity contribution is -0.147. The summed E-state index contributed by atoms with van der Waals surface area (Å²) < 4.78 is 10.5. The van der Waals surface area contributed by atoms with Gasteiger partial charge in [0.2, 0.25) is 5.12 Å². The Hall–Kier alpha value is -3.06. The molecule has 0 aromatic heterocycles. The molecule has 0 fully saturated rings. The number of Topliss-reactive ketones (excluding diaryl/α,β-unsaturated/α-hetero) is 1. The fourth-order valence-electron chi connectivity index (χ4n) is 3.14. The lowest BCUT2D eigenvalue weighted by Gasteiger charge is -2.29. The average Bonchev–Trinajstić information content (AvgIpc) is 2.86. The van der Waals surface area contributed by atoms with Crippen LogP contribution in [-0.2, 0) is 25.7 Å². The summed E-state index contributed by atoms with van der Waals surface area (Å²) in [5.74, 6) is -0.313. The number of hydrogen-bond donors (Lipinski definition) is 1. The number of benzene rings is 2. The van der Waals surface area contributed by atoms with E-state index in [9.17, 15) is 14.4 Å². The Morgan fingerprint density at radius 3 is 2.29 bits per heavy atom. The van der Waals surface area contributed by atoms with E-state index < -0.39 is 22.9 Å². The largest absolute Gasteiger partial charge is 0.478 e. The Morgan fingerprint density at radius 1 is 1.06 bits per heavy atom. The molecule has 1 aliphatic heterocycles. The van der Waals surface area contributed by atoms with Gasteiger partial charge in [-0.15, -0.1) is 0 Å². The second-order valence-electron chi connectivity index (χ2n) is 7.71. The maximum absolute atomic E-state index is 13.0. The molecular formula is C24H25NO5S. The van der Waals surface area contributed by atoms with Gasteiger partial charge in [-0.25, -0.2) is 4.79 Å². The number of carbonyl (C=O) groups excluding carboxylic acids is 3. The molecule has 2 aromatic rings. The van der Waals surface area contributed by atoms with Crippen molar-refractivity contribution in [1.82, 2.24) is 5.32 Å². The Balaban J connectivity index is 1.79. The summed E-state index contributed by atoms with van der Waals surface area (Å²) in [4.78, 5) is 38.1. The molecule has 7 heteroatoms. The van der Waals surface area contributed by atoms with E-state index in [1.807, 2.05) is 36.4 Å². The first-order valence-corrected chi connectivity index (χ1v) is 10.7. The Morgan fingerprint density at radius 2 is 1.68 bits per heavy atom. The van der Waals surface area contributed by atoms with Gasteiger partial charge in [0, 0.05) is 10.9 Å². The molecule has 162 valence electrons. The molecule has 1 heterocycles. The van der Waals surface area contributed by atoms with Gasteiger partial charge in [-0.2, -0.15) is 0 Å². The monoisotopic (exact) mass is 439 g/mol. The van der Waals surface area contributed by atoms with Gasteiger partial charge in [0.1, 0.15) is 18.4 Å². The zero-order valence-corrected chi connectivity index (χ0v) is 18.5. The molecule has 1 N–H and O–H groups in total. The van der Waals surface area contributed by atoms with Crippen LogP contribution in [0.1, 0.15) is 26.3 Å². The SMILES string of the molecule is CC(=O)C(Oc1ccccc1)C1=CNC(C(=O)OCc2ccccc2)C(C)(C)SC1=O. The van der Waals surface area contributed by atoms with Crippen LogP contribution in [0.15, 0.2) is 72.4 Å². The zero-order chi connectivity index (χ0) is 22.4. The number of carbonyl (C=O) groups is 3. The smallest absolute Gasteiger partial charge is 0.330 e. The minimum absolute atomic E-state index is 0.135. The molecule has 0 radical (unpaired) electrons. The molecule has 2 aromatic carbocycles. The number of para-hydroxylation sites is 1. The molecule has 31 heavy (non-hydrogen) atoms. The fourth-order valence-corrected chi connectivity index (χ4v) is 4.18. The summed E-state index contributed by atoms with van der Waals surface area (Å²) in [5.41, 5.74) is 1.03. The van der Waals surface area contributed by atoms with Crippen LogP contribution in [0.4, 0.5) is 0 Å². The first-order chi connectivity index (χ1) is 14.8. The number of rotatable bonds is 7. The highest BCUT2D eigenvalue weighted by molar-refractivity contribution is 8.15. The fraction of sp³-hybridized carbons (Fsp3) is 0.292. The number of ether oxygens (including phenoxy) is 2. The van der Waals surface area contributed by atoms with Crippen molar-refractivity contribution in [3.8, 4) is 5.75 Å². The molecule has 0 saturated heterocycles. The van der Waals surface area contributed by atoms with Crippen molar-refractivity contribution in [1.29, 1.82) is 0 Å². The van der Waals surface area contributed by atoms with Crippen LogP contribution >= 0.6 is 11.8 Å². The third kappa shape index (κ3) is 5.76. The molecule has 0 amide bonds. The van der Waals surface area contributed by atoms with E-state index in [0.29, 0.717) is 5.75 Å². The first kappa shape index (κ1) is 22.6. The van der Waals surface area contributed by atoms with E-state index in [1.165, 1.54) is 13.1 Å². The lowest BCUT2D eigenvalue weighted by Crippen LogP contribution is -2.48. The third-order valence-corrected chi connectivity index (χ3v) is 5.98. The minimum atomic E-state index is -1.08. The summed E-state index contributed by atoms with van der Waals surface area (Å²) in [6, 6.07) is 17.4. The van der Waals surface area contributed by atoms with Crippen molar-refractivity contribution in [3.63, 3.8) is 0 Å². The van der Waals surface area contributed by atoms with Gasteiger partial charge < -0.3 is 14.8 Å². The number of thioether (sulfide) groups is 1. The predicted octanol–water partition coefficient (Wildman–Crippen LogP) is 3.66. The third-order valence-electron chi connectivity index (χ3n) is 4.80. The van der Waals surface area contributed by atoms with Crippen LogP contribution < -0.4 is 10.1 Å². The topological polar surface area (TPSA) is 81.7 Å². The number of esters is 1. The number of hydrogen-bond acceptors (Lipinski definition) is 7. The normalized spacial score (nSPS) is 18.7. The van der Waals surface area contributed by atoms with Crippen LogP contribution in [-0.4, -0.2) is 33.8 Å². The molecular weight excluding hydrogens is 414 g/mol. The average molecular weight is 440 g/mol. The van der Waals surface area contributed by atoms with E-state index in [4.69, 9.17) is 9.47 Å². The quantitative estimate of drug-likeness (QED) is 0.660. The van der Waals surface area contributed by atoms with Gasteiger partial charge in [-0.1, -0.05) is 60.3 Å². The highest BCUT2D eigenvalue weighted by Crippen LogP contribution is 2.35. The van der Waals surface area contributed by atoms with Crippen molar-refractivity contribution < 1.29 is 23.9 Å². The van der Waals surface area contributed by atoms with Crippen LogP contribution in [0.2, 0.25) is 0 Å². The van der Waals surface area contributed by atoms with Crippen molar-refractivity contribution in [2.24, 2.45) is 0 Å². The molecule has 0 saturated carbocycles. The van der Waals surface area contributed by atoms with E-state index in [-0.39, 0.29) is 23.1 Å². The Labute approximate surface area is 186 Å². The second-order valence-corrected chi connectivity index (χ2v) is 9.33. The molecule has 0 bridgehead atoms. The van der Waals surface area contributed by atoms with Gasteiger partial charge >= 0.3 is 5.97 Å². The van der Waals surface area contributed by atoms with E-state index in [2.05, 4.69) is 5.32 Å². The van der Waals surface area contributed by atoms with Crippen molar-refractivity contribution in [2.75, 3.05) is 0 Å². The summed E-state index contributed by atoms with van der Waals surface area (Å²) in [7, 11) is 0. The van der Waals surface area contributed by atoms with Crippen molar-refractivity contribution >= 4 is 28.6 Å². The summed E-state index contributed by atoms with van der Waals surface area (Å²) in [6.45, 7) is 5.08. The molecule has 1 aliphatic rings. The summed E-state index contributed by atoms with van der Waals surface area (Å²) in [5, 5.41) is 2.67. The Kier molecular flexibility index (Phi) is 7.17. The standard InChI is InChI=1S/C24H25NO5S/c1-16(26)20(30-18-12-8-5-9-13-18)19-14-25-21(24(2,3)31-23(19)28)22(27)29-15-17-10-6-4-7-11-17/h4-14,20-21,25H,15H2,1-3H3. The van der Waals surface area contributed by atoms with E-state index in [0.717, 1.165) is 17.3 Å².